The fraction of sp³-hybridized carbons (Fsp3) is 0.700. The van der Waals surface area contributed by atoms with Crippen molar-refractivity contribution >= 4 is 9.84 Å². The quantitative estimate of drug-likeness (QED) is 0.791. The molecule has 1 aliphatic rings. The van der Waals surface area contributed by atoms with Gasteiger partial charge in [-0.3, -0.25) is 0 Å². The van der Waals surface area contributed by atoms with E-state index >= 15 is 0 Å². The molecule has 1 fully saturated rings. The Morgan fingerprint density at radius 2 is 2.31 bits per heavy atom. The van der Waals surface area contributed by atoms with Gasteiger partial charge in [0, 0.05) is 43.7 Å². The van der Waals surface area contributed by atoms with E-state index in [2.05, 4.69) is 14.9 Å². The van der Waals surface area contributed by atoms with Gasteiger partial charge in [0.05, 0.1) is 12.1 Å². The molecule has 1 aromatic heterocycles. The normalized spacial score (nSPS) is 17.3. The van der Waals surface area contributed by atoms with E-state index in [9.17, 15) is 8.42 Å². The average Bonchev–Trinajstić information content (AvgIpc) is 2.48. The van der Waals surface area contributed by atoms with E-state index in [1.54, 1.807) is 6.33 Å². The Hall–Kier alpha value is -0.880. The van der Waals surface area contributed by atoms with Gasteiger partial charge in [-0.15, -0.1) is 0 Å². The van der Waals surface area contributed by atoms with Gasteiger partial charge in [0.15, 0.2) is 0 Å². The minimum Gasteiger partial charge on any atom is -0.334 e. The molecule has 2 rings (SSSR count). The lowest BCUT2D eigenvalue weighted by Crippen LogP contribution is -2.40. The van der Waals surface area contributed by atoms with E-state index in [0.717, 1.165) is 19.6 Å². The van der Waals surface area contributed by atoms with E-state index in [1.165, 1.54) is 11.9 Å². The maximum Gasteiger partial charge on any atom is 0.147 e. The highest BCUT2D eigenvalue weighted by Gasteiger charge is 2.22. The molecule has 5 nitrogen and oxygen atoms in total. The van der Waals surface area contributed by atoms with Gasteiger partial charge in [0.25, 0.3) is 0 Å². The first-order chi connectivity index (χ1) is 7.56. The van der Waals surface area contributed by atoms with Crippen molar-refractivity contribution in [2.24, 2.45) is 0 Å². The molecule has 0 aromatic carbocycles. The van der Waals surface area contributed by atoms with Crippen LogP contribution in [0.4, 0.5) is 0 Å². The monoisotopic (exact) mass is 243 g/mol. The molecule has 1 aliphatic heterocycles. The second kappa shape index (κ2) is 4.55. The summed E-state index contributed by atoms with van der Waals surface area (Å²) in [5, 5.41) is 3.22. The molecular weight excluding hydrogens is 226 g/mol. The number of nitrogens with zero attached hydrogens (tertiary/aromatic N) is 2. The predicted octanol–water partition coefficient (Wildman–Crippen LogP) is 0.00460. The number of hydrogen-bond acceptors (Lipinski definition) is 4. The second-order valence-corrected chi connectivity index (χ2v) is 6.61. The molecule has 0 radical (unpaired) electrons. The largest absolute Gasteiger partial charge is 0.334 e. The number of nitrogens with one attached hydrogen (secondary N) is 1. The van der Waals surface area contributed by atoms with E-state index in [4.69, 9.17) is 0 Å². The zero-order valence-electron chi connectivity index (χ0n) is 9.39. The van der Waals surface area contributed by atoms with E-state index in [1.807, 2.05) is 6.20 Å². The summed E-state index contributed by atoms with van der Waals surface area (Å²) in [7, 11) is -2.85. The Morgan fingerprint density at radius 3 is 2.88 bits per heavy atom. The first kappa shape index (κ1) is 11.6. The minimum absolute atomic E-state index is 0.244. The Balaban J connectivity index is 1.91. The molecule has 1 N–H and O–H groups in total. The van der Waals surface area contributed by atoms with Gasteiger partial charge in [-0.25, -0.2) is 13.4 Å². The van der Waals surface area contributed by atoms with Crippen molar-refractivity contribution in [3.05, 3.63) is 18.2 Å². The Morgan fingerprint density at radius 1 is 1.56 bits per heavy atom. The van der Waals surface area contributed by atoms with Crippen LogP contribution >= 0.6 is 0 Å². The van der Waals surface area contributed by atoms with Crippen LogP contribution in [-0.4, -0.2) is 43.1 Å². The number of aromatic nitrogens is 2. The summed E-state index contributed by atoms with van der Waals surface area (Å²) >= 11 is 0. The van der Waals surface area contributed by atoms with Crippen LogP contribution in [0.15, 0.2) is 12.5 Å². The maximum atomic E-state index is 11.0. The Labute approximate surface area is 95.8 Å². The first-order valence-corrected chi connectivity index (χ1v) is 7.51. The predicted molar refractivity (Wildman–Crippen MR) is 62.2 cm³/mol. The molecule has 1 aromatic rings. The number of rotatable bonds is 5. The van der Waals surface area contributed by atoms with Crippen LogP contribution in [0.1, 0.15) is 18.0 Å². The third-order valence-electron chi connectivity index (χ3n) is 2.86. The molecule has 2 heterocycles. The Kier molecular flexibility index (Phi) is 3.30. The summed E-state index contributed by atoms with van der Waals surface area (Å²) in [6, 6.07) is 0. The molecule has 0 atom stereocenters. The van der Waals surface area contributed by atoms with Crippen molar-refractivity contribution in [3.8, 4) is 0 Å². The van der Waals surface area contributed by atoms with Crippen LogP contribution in [0.3, 0.4) is 0 Å². The molecule has 16 heavy (non-hydrogen) atoms. The molecule has 0 aliphatic carbocycles. The summed E-state index contributed by atoms with van der Waals surface area (Å²) in [6.45, 7) is 2.73. The van der Waals surface area contributed by atoms with E-state index in [0.29, 0.717) is 12.3 Å². The molecule has 0 spiro atoms. The van der Waals surface area contributed by atoms with Crippen LogP contribution < -0.4 is 5.32 Å². The van der Waals surface area contributed by atoms with Gasteiger partial charge in [-0.1, -0.05) is 0 Å². The maximum absolute atomic E-state index is 11.0. The number of sulfone groups is 1. The molecular formula is C10H17N3O2S. The molecule has 0 bridgehead atoms. The van der Waals surface area contributed by atoms with Crippen molar-refractivity contribution in [2.75, 3.05) is 25.1 Å². The highest BCUT2D eigenvalue weighted by atomic mass is 32.2. The van der Waals surface area contributed by atoms with E-state index < -0.39 is 9.84 Å². The number of aryl methyl sites for hydroxylation is 1. The van der Waals surface area contributed by atoms with Gasteiger partial charge >= 0.3 is 0 Å². The fourth-order valence-corrected chi connectivity index (χ4v) is 2.51. The SMILES string of the molecule is CS(=O)(=O)CCCn1cncc1C1CNC1. The highest BCUT2D eigenvalue weighted by Crippen LogP contribution is 2.19. The van der Waals surface area contributed by atoms with Crippen LogP contribution in [0.5, 0.6) is 0 Å². The molecule has 0 amide bonds. The van der Waals surface area contributed by atoms with Crippen molar-refractivity contribution in [3.63, 3.8) is 0 Å². The molecule has 6 heteroatoms. The smallest absolute Gasteiger partial charge is 0.147 e. The summed E-state index contributed by atoms with van der Waals surface area (Å²) in [5.41, 5.74) is 1.22. The third kappa shape index (κ3) is 2.82. The topological polar surface area (TPSA) is 64.0 Å². The van der Waals surface area contributed by atoms with Gasteiger partial charge in [0.2, 0.25) is 0 Å². The number of hydrogen-bond donors (Lipinski definition) is 1. The number of imidazole rings is 1. The van der Waals surface area contributed by atoms with Crippen LogP contribution in [-0.2, 0) is 16.4 Å². The van der Waals surface area contributed by atoms with Crippen molar-refractivity contribution in [1.29, 1.82) is 0 Å². The zero-order chi connectivity index (χ0) is 11.6. The van der Waals surface area contributed by atoms with Gasteiger partial charge in [0.1, 0.15) is 9.84 Å². The summed E-state index contributed by atoms with van der Waals surface area (Å²) in [5.74, 6) is 0.786. The summed E-state index contributed by atoms with van der Waals surface area (Å²) < 4.78 is 24.1. The van der Waals surface area contributed by atoms with Crippen LogP contribution in [0.2, 0.25) is 0 Å². The van der Waals surface area contributed by atoms with E-state index in [-0.39, 0.29) is 5.75 Å². The van der Waals surface area contributed by atoms with Crippen LogP contribution in [0, 0.1) is 0 Å². The van der Waals surface area contributed by atoms with Crippen molar-refractivity contribution in [1.82, 2.24) is 14.9 Å². The van der Waals surface area contributed by atoms with Gasteiger partial charge in [-0.05, 0) is 6.42 Å². The lowest BCUT2D eigenvalue weighted by atomic mass is 10.00. The average molecular weight is 243 g/mol. The minimum atomic E-state index is -2.85. The molecule has 0 saturated carbocycles. The lowest BCUT2D eigenvalue weighted by molar-refractivity contribution is 0.423. The second-order valence-electron chi connectivity index (χ2n) is 4.35. The molecule has 90 valence electrons. The van der Waals surface area contributed by atoms with Gasteiger partial charge in [-0.2, -0.15) is 0 Å². The lowest BCUT2D eigenvalue weighted by Gasteiger charge is -2.27. The fourth-order valence-electron chi connectivity index (χ4n) is 1.85. The Bertz CT molecular complexity index is 448. The third-order valence-corrected chi connectivity index (χ3v) is 3.89. The summed E-state index contributed by atoms with van der Waals surface area (Å²) in [6.07, 6.45) is 5.60. The van der Waals surface area contributed by atoms with Crippen LogP contribution in [0.25, 0.3) is 0 Å². The van der Waals surface area contributed by atoms with Crippen molar-refractivity contribution in [2.45, 2.75) is 18.9 Å². The molecule has 0 unspecified atom stereocenters. The molecule has 1 saturated heterocycles. The van der Waals surface area contributed by atoms with Gasteiger partial charge < -0.3 is 9.88 Å². The standard InChI is InChI=1S/C10H17N3O2S/c1-16(14,15)4-2-3-13-8-12-7-10(13)9-5-11-6-9/h7-9,11H,2-6H2,1H3. The highest BCUT2D eigenvalue weighted by molar-refractivity contribution is 7.90. The van der Waals surface area contributed by atoms with Crippen molar-refractivity contribution < 1.29 is 8.42 Å². The first-order valence-electron chi connectivity index (χ1n) is 5.45. The zero-order valence-corrected chi connectivity index (χ0v) is 10.2. The summed E-state index contributed by atoms with van der Waals surface area (Å²) in [4.78, 5) is 4.13.